The molecule has 0 aromatic heterocycles. The smallest absolute Gasteiger partial charge is 0.372 e. The molecule has 1 aliphatic rings. The summed E-state index contributed by atoms with van der Waals surface area (Å²) in [7, 11) is 0. The summed E-state index contributed by atoms with van der Waals surface area (Å²) in [5.41, 5.74) is 5.69. The lowest BCUT2D eigenvalue weighted by molar-refractivity contribution is -0.174. The van der Waals surface area contributed by atoms with Crippen LogP contribution in [0.5, 0.6) is 0 Å². The first-order valence-corrected chi connectivity index (χ1v) is 5.10. The largest absolute Gasteiger partial charge is 0.411 e. The molecular formula is C9H17F3N2O. The third-order valence-corrected chi connectivity index (χ3v) is 2.34. The molecule has 1 rings (SSSR count). The van der Waals surface area contributed by atoms with Crippen molar-refractivity contribution < 1.29 is 17.9 Å². The van der Waals surface area contributed by atoms with Crippen molar-refractivity contribution in [2.75, 3.05) is 32.8 Å². The van der Waals surface area contributed by atoms with Crippen LogP contribution >= 0.6 is 0 Å². The molecule has 0 unspecified atom stereocenters. The lowest BCUT2D eigenvalue weighted by Gasteiger charge is -2.15. The van der Waals surface area contributed by atoms with E-state index in [0.717, 1.165) is 26.1 Å². The van der Waals surface area contributed by atoms with E-state index in [0.29, 0.717) is 6.42 Å². The molecule has 1 atom stereocenters. The van der Waals surface area contributed by atoms with Crippen molar-refractivity contribution in [2.45, 2.75) is 25.1 Å². The van der Waals surface area contributed by atoms with E-state index in [1.807, 2.05) is 0 Å². The van der Waals surface area contributed by atoms with Crippen molar-refractivity contribution in [3.63, 3.8) is 0 Å². The van der Waals surface area contributed by atoms with Gasteiger partial charge in [-0.1, -0.05) is 0 Å². The molecule has 0 saturated carbocycles. The van der Waals surface area contributed by atoms with Gasteiger partial charge >= 0.3 is 6.18 Å². The van der Waals surface area contributed by atoms with Crippen molar-refractivity contribution in [3.05, 3.63) is 0 Å². The molecule has 1 fully saturated rings. The van der Waals surface area contributed by atoms with Crippen molar-refractivity contribution in [2.24, 2.45) is 5.73 Å². The van der Waals surface area contributed by atoms with Crippen LogP contribution in [0.4, 0.5) is 13.2 Å². The zero-order valence-electron chi connectivity index (χ0n) is 8.59. The first-order valence-electron chi connectivity index (χ1n) is 5.10. The molecule has 1 saturated heterocycles. The fraction of sp³-hybridized carbons (Fsp3) is 1.00. The minimum absolute atomic E-state index is 0.158. The van der Waals surface area contributed by atoms with Gasteiger partial charge in [0.05, 0.1) is 0 Å². The molecule has 0 amide bonds. The highest BCUT2D eigenvalue weighted by atomic mass is 19.4. The Balaban J connectivity index is 1.93. The highest BCUT2D eigenvalue weighted by Gasteiger charge is 2.27. The van der Waals surface area contributed by atoms with Crippen LogP contribution in [-0.2, 0) is 4.74 Å². The third-order valence-electron chi connectivity index (χ3n) is 2.34. The Morgan fingerprint density at radius 1 is 1.40 bits per heavy atom. The summed E-state index contributed by atoms with van der Waals surface area (Å²) in [6, 6.07) is 0.223. The molecule has 1 heterocycles. The Kier molecular flexibility index (Phi) is 4.82. The average Bonchev–Trinajstić information content (AvgIpc) is 2.49. The number of hydrogen-bond acceptors (Lipinski definition) is 3. The average molecular weight is 226 g/mol. The molecule has 0 aromatic carbocycles. The van der Waals surface area contributed by atoms with Crippen LogP contribution in [0.2, 0.25) is 0 Å². The number of hydrogen-bond donors (Lipinski definition) is 1. The van der Waals surface area contributed by atoms with Crippen LogP contribution in [0.1, 0.15) is 12.8 Å². The molecule has 1 aliphatic heterocycles. The van der Waals surface area contributed by atoms with Gasteiger partial charge in [-0.25, -0.2) is 0 Å². The van der Waals surface area contributed by atoms with Crippen molar-refractivity contribution >= 4 is 0 Å². The Labute approximate surface area is 87.4 Å². The van der Waals surface area contributed by atoms with E-state index in [2.05, 4.69) is 9.64 Å². The lowest BCUT2D eigenvalue weighted by atomic mass is 10.3. The van der Waals surface area contributed by atoms with Crippen molar-refractivity contribution in [1.82, 2.24) is 4.90 Å². The quantitative estimate of drug-likeness (QED) is 0.710. The Bertz CT molecular complexity index is 187. The van der Waals surface area contributed by atoms with Gasteiger partial charge in [0.15, 0.2) is 0 Å². The van der Waals surface area contributed by atoms with Gasteiger partial charge in [-0.15, -0.1) is 0 Å². The third kappa shape index (κ3) is 5.96. The maximum Gasteiger partial charge on any atom is 0.411 e. The second-order valence-corrected chi connectivity index (χ2v) is 3.87. The summed E-state index contributed by atoms with van der Waals surface area (Å²) in [4.78, 5) is 2.15. The van der Waals surface area contributed by atoms with Crippen LogP contribution in [0, 0.1) is 0 Å². The second kappa shape index (κ2) is 5.67. The van der Waals surface area contributed by atoms with Gasteiger partial charge in [-0.05, 0) is 19.4 Å². The molecule has 0 spiro atoms. The fourth-order valence-corrected chi connectivity index (χ4v) is 1.64. The second-order valence-electron chi connectivity index (χ2n) is 3.87. The van der Waals surface area contributed by atoms with Crippen molar-refractivity contribution in [1.29, 1.82) is 0 Å². The van der Waals surface area contributed by atoms with Gasteiger partial charge < -0.3 is 15.4 Å². The molecule has 0 aromatic rings. The molecule has 6 heteroatoms. The Morgan fingerprint density at radius 2 is 2.13 bits per heavy atom. The summed E-state index contributed by atoms with van der Waals surface area (Å²) in [6.45, 7) is 1.57. The summed E-state index contributed by atoms with van der Waals surface area (Å²) >= 11 is 0. The molecule has 90 valence electrons. The van der Waals surface area contributed by atoms with Crippen LogP contribution in [0.25, 0.3) is 0 Å². The van der Waals surface area contributed by atoms with E-state index in [1.165, 1.54) is 0 Å². The number of nitrogens with two attached hydrogens (primary N) is 1. The predicted molar refractivity (Wildman–Crippen MR) is 50.5 cm³/mol. The van der Waals surface area contributed by atoms with Gasteiger partial charge in [-0.2, -0.15) is 13.2 Å². The lowest BCUT2D eigenvalue weighted by Crippen LogP contribution is -2.28. The van der Waals surface area contributed by atoms with Gasteiger partial charge in [0, 0.05) is 25.7 Å². The number of likely N-dealkylation sites (tertiary alicyclic amines) is 1. The minimum Gasteiger partial charge on any atom is -0.372 e. The van der Waals surface area contributed by atoms with Crippen LogP contribution in [-0.4, -0.2) is 50.0 Å². The molecule has 0 aliphatic carbocycles. The molecule has 0 bridgehead atoms. The Hall–Kier alpha value is -0.330. The highest BCUT2D eigenvalue weighted by Crippen LogP contribution is 2.14. The first kappa shape index (κ1) is 12.7. The maximum atomic E-state index is 11.7. The summed E-state index contributed by atoms with van der Waals surface area (Å²) < 4.78 is 39.6. The topological polar surface area (TPSA) is 38.5 Å². The molecule has 15 heavy (non-hydrogen) atoms. The van der Waals surface area contributed by atoms with E-state index in [1.54, 1.807) is 0 Å². The van der Waals surface area contributed by atoms with Crippen LogP contribution in [0.15, 0.2) is 0 Å². The minimum atomic E-state index is -4.21. The monoisotopic (exact) mass is 226 g/mol. The summed E-state index contributed by atoms with van der Waals surface area (Å²) in [5, 5.41) is 0. The maximum absolute atomic E-state index is 11.7. The standard InChI is InChI=1S/C9H17F3N2O/c10-9(11,12)7-15-5-1-3-14-4-2-8(13)6-14/h8H,1-7,13H2/t8-/m1/s1. The molecule has 0 radical (unpaired) electrons. The normalized spacial score (nSPS) is 23.6. The summed E-state index contributed by atoms with van der Waals surface area (Å²) in [5.74, 6) is 0. The van der Waals surface area contributed by atoms with Gasteiger partial charge in [0.25, 0.3) is 0 Å². The number of halogens is 3. The summed E-state index contributed by atoms with van der Waals surface area (Å²) in [6.07, 6.45) is -2.61. The number of alkyl halides is 3. The fourth-order valence-electron chi connectivity index (χ4n) is 1.64. The molecule has 2 N–H and O–H groups in total. The first-order chi connectivity index (χ1) is 6.97. The van der Waals surface area contributed by atoms with E-state index in [4.69, 9.17) is 5.73 Å². The van der Waals surface area contributed by atoms with Crippen LogP contribution < -0.4 is 5.73 Å². The number of ether oxygens (including phenoxy) is 1. The van der Waals surface area contributed by atoms with E-state index >= 15 is 0 Å². The SMILES string of the molecule is N[C@@H]1CCN(CCCOCC(F)(F)F)C1. The van der Waals surface area contributed by atoms with Crippen molar-refractivity contribution in [3.8, 4) is 0 Å². The number of nitrogens with zero attached hydrogens (tertiary/aromatic N) is 1. The van der Waals surface area contributed by atoms with Gasteiger partial charge in [0.1, 0.15) is 6.61 Å². The zero-order valence-corrected chi connectivity index (χ0v) is 8.59. The van der Waals surface area contributed by atoms with Gasteiger partial charge in [-0.3, -0.25) is 0 Å². The Morgan fingerprint density at radius 3 is 2.67 bits per heavy atom. The predicted octanol–water partition coefficient (Wildman–Crippen LogP) is 0.988. The molecular weight excluding hydrogens is 209 g/mol. The zero-order chi connectivity index (χ0) is 11.3. The highest BCUT2D eigenvalue weighted by molar-refractivity contribution is 4.77. The van der Waals surface area contributed by atoms with Crippen LogP contribution in [0.3, 0.4) is 0 Å². The van der Waals surface area contributed by atoms with Gasteiger partial charge in [0.2, 0.25) is 0 Å². The van der Waals surface area contributed by atoms with E-state index < -0.39 is 12.8 Å². The number of rotatable bonds is 5. The van der Waals surface area contributed by atoms with E-state index in [-0.39, 0.29) is 12.6 Å². The molecule has 3 nitrogen and oxygen atoms in total. The van der Waals surface area contributed by atoms with E-state index in [9.17, 15) is 13.2 Å².